The van der Waals surface area contributed by atoms with Gasteiger partial charge in [-0.3, -0.25) is 9.59 Å². The van der Waals surface area contributed by atoms with Crippen molar-refractivity contribution >= 4 is 38.8 Å². The lowest BCUT2D eigenvalue weighted by molar-refractivity contribution is -0.171. The number of fused-ring (bicyclic) bond motifs is 1. The SMILES string of the molecule is CCOC(=O)C(C/C=C\CO)(Cc1c[nH]c2ccc(Br)cc12)C(=O)OCC. The molecular weight excluding hydrogens is 414 g/mol. The van der Waals surface area contributed by atoms with Crippen molar-refractivity contribution in [3.05, 3.63) is 46.6 Å². The lowest BCUT2D eigenvalue weighted by Gasteiger charge is -2.28. The van der Waals surface area contributed by atoms with Gasteiger partial charge in [0.15, 0.2) is 5.41 Å². The van der Waals surface area contributed by atoms with Crippen molar-refractivity contribution in [2.75, 3.05) is 19.8 Å². The fourth-order valence-electron chi connectivity index (χ4n) is 2.99. The molecule has 0 aliphatic carbocycles. The second-order valence-corrected chi connectivity index (χ2v) is 6.98. The predicted octanol–water partition coefficient (Wildman–Crippen LogP) is 3.52. The number of halogens is 1. The smallest absolute Gasteiger partial charge is 0.324 e. The average Bonchev–Trinajstić information content (AvgIpc) is 3.03. The van der Waals surface area contributed by atoms with E-state index in [1.165, 1.54) is 6.08 Å². The Bertz CT molecular complexity index is 809. The van der Waals surface area contributed by atoms with E-state index in [2.05, 4.69) is 20.9 Å². The van der Waals surface area contributed by atoms with Gasteiger partial charge >= 0.3 is 11.9 Å². The van der Waals surface area contributed by atoms with Crippen LogP contribution >= 0.6 is 15.9 Å². The van der Waals surface area contributed by atoms with Crippen LogP contribution in [-0.2, 0) is 25.5 Å². The van der Waals surface area contributed by atoms with Crippen molar-refractivity contribution in [1.82, 2.24) is 4.98 Å². The fourth-order valence-corrected chi connectivity index (χ4v) is 3.35. The zero-order chi connectivity index (χ0) is 19.9. The maximum absolute atomic E-state index is 12.9. The van der Waals surface area contributed by atoms with Crippen molar-refractivity contribution in [3.63, 3.8) is 0 Å². The van der Waals surface area contributed by atoms with Crippen LogP contribution < -0.4 is 0 Å². The van der Waals surface area contributed by atoms with Crippen LogP contribution in [0.15, 0.2) is 41.0 Å². The van der Waals surface area contributed by atoms with E-state index in [9.17, 15) is 9.59 Å². The summed E-state index contributed by atoms with van der Waals surface area (Å²) in [6.45, 7) is 3.52. The number of aromatic amines is 1. The Balaban J connectivity index is 2.53. The van der Waals surface area contributed by atoms with Gasteiger partial charge in [0.05, 0.1) is 19.8 Å². The van der Waals surface area contributed by atoms with E-state index < -0.39 is 17.4 Å². The minimum Gasteiger partial charge on any atom is -0.465 e. The summed E-state index contributed by atoms with van der Waals surface area (Å²) >= 11 is 3.45. The summed E-state index contributed by atoms with van der Waals surface area (Å²) in [5.74, 6) is -1.26. The van der Waals surface area contributed by atoms with Crippen molar-refractivity contribution in [3.8, 4) is 0 Å². The van der Waals surface area contributed by atoms with Gasteiger partial charge in [-0.15, -0.1) is 0 Å². The standard InChI is InChI=1S/C20H24BrNO5/c1-3-26-18(24)20(9-5-6-10-23,19(25)27-4-2)12-14-13-22-17-8-7-15(21)11-16(14)17/h5-8,11,13,22-23H,3-4,9-10,12H2,1-2H3/b6-5-. The van der Waals surface area contributed by atoms with E-state index in [-0.39, 0.29) is 32.7 Å². The molecule has 27 heavy (non-hydrogen) atoms. The van der Waals surface area contributed by atoms with E-state index in [4.69, 9.17) is 14.6 Å². The third-order valence-electron chi connectivity index (χ3n) is 4.29. The van der Waals surface area contributed by atoms with Crippen molar-refractivity contribution < 1.29 is 24.2 Å². The zero-order valence-electron chi connectivity index (χ0n) is 15.5. The Morgan fingerprint density at radius 2 is 1.85 bits per heavy atom. The van der Waals surface area contributed by atoms with Gasteiger partial charge in [0.2, 0.25) is 0 Å². The van der Waals surface area contributed by atoms with Crippen LogP contribution in [0.4, 0.5) is 0 Å². The molecule has 0 aliphatic rings. The van der Waals surface area contributed by atoms with Crippen molar-refractivity contribution in [2.24, 2.45) is 5.41 Å². The molecule has 0 radical (unpaired) electrons. The monoisotopic (exact) mass is 437 g/mol. The number of H-pyrrole nitrogens is 1. The van der Waals surface area contributed by atoms with Gasteiger partial charge in [-0.1, -0.05) is 28.1 Å². The number of aromatic nitrogens is 1. The van der Waals surface area contributed by atoms with Crippen LogP contribution in [0, 0.1) is 5.41 Å². The predicted molar refractivity (Wildman–Crippen MR) is 106 cm³/mol. The Morgan fingerprint density at radius 1 is 1.19 bits per heavy atom. The first-order valence-corrected chi connectivity index (χ1v) is 9.63. The number of allylic oxidation sites excluding steroid dienone is 1. The Morgan fingerprint density at radius 3 is 2.44 bits per heavy atom. The number of esters is 2. The number of aliphatic hydroxyl groups is 1. The highest BCUT2D eigenvalue weighted by Crippen LogP contribution is 2.35. The normalized spacial score (nSPS) is 11.9. The minimum atomic E-state index is -1.52. The number of hydrogen-bond donors (Lipinski definition) is 2. The molecule has 0 atom stereocenters. The molecule has 146 valence electrons. The summed E-state index contributed by atoms with van der Waals surface area (Å²) in [6, 6.07) is 5.77. The lowest BCUT2D eigenvalue weighted by atomic mass is 9.78. The molecule has 2 rings (SSSR count). The second-order valence-electron chi connectivity index (χ2n) is 6.06. The molecule has 1 aromatic heterocycles. The van der Waals surface area contributed by atoms with Crippen molar-refractivity contribution in [1.29, 1.82) is 0 Å². The topological polar surface area (TPSA) is 88.6 Å². The Hall–Kier alpha value is -2.12. The van der Waals surface area contributed by atoms with Crippen LogP contribution in [0.5, 0.6) is 0 Å². The summed E-state index contributed by atoms with van der Waals surface area (Å²) in [6.07, 6.45) is 5.10. The van der Waals surface area contributed by atoms with Gasteiger partial charge in [-0.25, -0.2) is 0 Å². The summed E-state index contributed by atoms with van der Waals surface area (Å²) in [5, 5.41) is 9.96. The first-order valence-electron chi connectivity index (χ1n) is 8.84. The van der Waals surface area contributed by atoms with Gasteiger partial charge in [-0.2, -0.15) is 0 Å². The summed E-state index contributed by atoms with van der Waals surface area (Å²) in [7, 11) is 0. The van der Waals surface area contributed by atoms with Gasteiger partial charge in [0, 0.05) is 28.0 Å². The molecule has 0 amide bonds. The molecule has 0 unspecified atom stereocenters. The van der Waals surface area contributed by atoms with E-state index in [1.54, 1.807) is 26.1 Å². The van der Waals surface area contributed by atoms with Crippen LogP contribution in [0.2, 0.25) is 0 Å². The molecular formula is C20H24BrNO5. The number of carbonyl (C=O) groups is 2. The Kier molecular flexibility index (Phi) is 7.62. The van der Waals surface area contributed by atoms with E-state index >= 15 is 0 Å². The van der Waals surface area contributed by atoms with Crippen LogP contribution in [0.25, 0.3) is 10.9 Å². The fraction of sp³-hybridized carbons (Fsp3) is 0.400. The maximum atomic E-state index is 12.9. The van der Waals surface area contributed by atoms with E-state index in [0.717, 1.165) is 20.9 Å². The number of benzene rings is 1. The highest BCUT2D eigenvalue weighted by atomic mass is 79.9. The summed E-state index contributed by atoms with van der Waals surface area (Å²) < 4.78 is 11.4. The number of nitrogens with one attached hydrogen (secondary N) is 1. The van der Waals surface area contributed by atoms with Gasteiger partial charge in [0.25, 0.3) is 0 Å². The highest BCUT2D eigenvalue weighted by molar-refractivity contribution is 9.10. The molecule has 1 aromatic carbocycles. The number of carbonyl (C=O) groups excluding carboxylic acids is 2. The van der Waals surface area contributed by atoms with Crippen LogP contribution in [-0.4, -0.2) is 41.8 Å². The van der Waals surface area contributed by atoms with Gasteiger partial charge in [0.1, 0.15) is 0 Å². The van der Waals surface area contributed by atoms with Gasteiger partial charge < -0.3 is 19.6 Å². The summed E-state index contributed by atoms with van der Waals surface area (Å²) in [4.78, 5) is 28.9. The molecule has 0 bridgehead atoms. The third-order valence-corrected chi connectivity index (χ3v) is 4.79. The highest BCUT2D eigenvalue weighted by Gasteiger charge is 2.48. The molecule has 2 aromatic rings. The molecule has 6 nitrogen and oxygen atoms in total. The lowest BCUT2D eigenvalue weighted by Crippen LogP contribution is -2.43. The number of hydrogen-bond acceptors (Lipinski definition) is 5. The molecule has 0 saturated carbocycles. The van der Waals surface area contributed by atoms with E-state index in [0.29, 0.717) is 0 Å². The first-order chi connectivity index (χ1) is 13.0. The summed E-state index contributed by atoms with van der Waals surface area (Å²) in [5.41, 5.74) is 0.195. The third kappa shape index (κ3) is 4.78. The zero-order valence-corrected chi connectivity index (χ0v) is 17.0. The van der Waals surface area contributed by atoms with E-state index in [1.807, 2.05) is 18.2 Å². The quantitative estimate of drug-likeness (QED) is 0.355. The maximum Gasteiger partial charge on any atom is 0.324 e. The van der Waals surface area contributed by atoms with Gasteiger partial charge in [-0.05, 0) is 44.0 Å². The number of rotatable bonds is 9. The molecule has 2 N–H and O–H groups in total. The first kappa shape index (κ1) is 21.2. The molecule has 0 aliphatic heterocycles. The molecule has 1 heterocycles. The minimum absolute atomic E-state index is 0.0753. The molecule has 0 fully saturated rings. The second kappa shape index (κ2) is 9.71. The van der Waals surface area contributed by atoms with Crippen LogP contribution in [0.1, 0.15) is 25.8 Å². The molecule has 7 heteroatoms. The largest absolute Gasteiger partial charge is 0.465 e. The molecule has 0 saturated heterocycles. The molecule has 0 spiro atoms. The Labute approximate surface area is 166 Å². The number of ether oxygens (including phenoxy) is 2. The number of aliphatic hydroxyl groups excluding tert-OH is 1. The average molecular weight is 438 g/mol. The van der Waals surface area contributed by atoms with Crippen LogP contribution in [0.3, 0.4) is 0 Å². The van der Waals surface area contributed by atoms with Crippen molar-refractivity contribution in [2.45, 2.75) is 26.7 Å².